The third-order valence-electron chi connectivity index (χ3n) is 7.29. The first-order chi connectivity index (χ1) is 18.4. The minimum Gasteiger partial charge on any atom is -0.493 e. The molecule has 1 fully saturated rings. The van der Waals surface area contributed by atoms with Crippen LogP contribution in [0.15, 0.2) is 53.5 Å². The van der Waals surface area contributed by atoms with Crippen LogP contribution in [-0.2, 0) is 6.54 Å². The van der Waals surface area contributed by atoms with Crippen molar-refractivity contribution in [3.8, 4) is 16.9 Å². The van der Waals surface area contributed by atoms with Gasteiger partial charge < -0.3 is 20.1 Å². The number of hydrogen-bond donors (Lipinski definition) is 3. The van der Waals surface area contributed by atoms with E-state index < -0.39 is 0 Å². The number of aliphatic hydroxyl groups is 1. The molecule has 1 aliphatic rings. The second kappa shape index (κ2) is 11.2. The van der Waals surface area contributed by atoms with Crippen molar-refractivity contribution in [1.82, 2.24) is 20.1 Å². The summed E-state index contributed by atoms with van der Waals surface area (Å²) >= 11 is 0. The molecule has 0 radical (unpaired) electrons. The van der Waals surface area contributed by atoms with Crippen molar-refractivity contribution in [1.29, 1.82) is 0 Å². The largest absolute Gasteiger partial charge is 0.493 e. The second-order valence-corrected chi connectivity index (χ2v) is 10.1. The van der Waals surface area contributed by atoms with Gasteiger partial charge in [0.25, 0.3) is 11.5 Å². The number of aromatic amines is 1. The summed E-state index contributed by atoms with van der Waals surface area (Å²) in [5.74, 6) is 0.456. The van der Waals surface area contributed by atoms with Gasteiger partial charge in [0, 0.05) is 36.2 Å². The molecule has 0 aliphatic heterocycles. The SMILES string of the molecule is Cc1cc(C)c(CNC(=O)c2cc(-c3cccc(OCCCO)c3)cc3c2cnn3C2CCCC2)c(=O)[nH]1. The average Bonchev–Trinajstić information content (AvgIpc) is 3.58. The molecule has 198 valence electrons. The highest BCUT2D eigenvalue weighted by atomic mass is 16.5. The van der Waals surface area contributed by atoms with Crippen molar-refractivity contribution in [3.63, 3.8) is 0 Å². The molecule has 2 aromatic carbocycles. The molecule has 0 unspecified atom stereocenters. The van der Waals surface area contributed by atoms with E-state index in [2.05, 4.69) is 21.0 Å². The Labute approximate surface area is 221 Å². The molecule has 2 aromatic heterocycles. The first-order valence-electron chi connectivity index (χ1n) is 13.3. The third kappa shape index (κ3) is 5.36. The van der Waals surface area contributed by atoms with Crippen LogP contribution in [0.2, 0.25) is 0 Å². The summed E-state index contributed by atoms with van der Waals surface area (Å²) in [7, 11) is 0. The number of fused-ring (bicyclic) bond motifs is 1. The van der Waals surface area contributed by atoms with E-state index in [4.69, 9.17) is 14.9 Å². The Bertz CT molecular complexity index is 1510. The van der Waals surface area contributed by atoms with Crippen LogP contribution < -0.4 is 15.6 Å². The molecule has 4 aromatic rings. The van der Waals surface area contributed by atoms with Crippen molar-refractivity contribution in [2.24, 2.45) is 0 Å². The third-order valence-corrected chi connectivity index (χ3v) is 7.29. The minimum atomic E-state index is -0.252. The summed E-state index contributed by atoms with van der Waals surface area (Å²) < 4.78 is 7.86. The number of pyridine rings is 1. The van der Waals surface area contributed by atoms with E-state index in [1.54, 1.807) is 6.20 Å². The standard InChI is InChI=1S/C30H34N4O4/c1-19-13-20(2)33-30(37)26(19)17-31-29(36)25-15-22(21-7-5-10-24(14-21)38-12-6-11-35)16-28-27(25)18-32-34(28)23-8-3-4-9-23/h5,7,10,13-16,18,23,35H,3-4,6,8-9,11-12,17H2,1-2H3,(H,31,36)(H,33,37). The summed E-state index contributed by atoms with van der Waals surface area (Å²) in [5, 5.41) is 17.5. The molecule has 8 nitrogen and oxygen atoms in total. The molecular weight excluding hydrogens is 480 g/mol. The summed E-state index contributed by atoms with van der Waals surface area (Å²) in [6.07, 6.45) is 6.85. The molecule has 3 N–H and O–H groups in total. The number of aromatic nitrogens is 3. The highest BCUT2D eigenvalue weighted by molar-refractivity contribution is 6.08. The van der Waals surface area contributed by atoms with Crippen LogP contribution in [0.4, 0.5) is 0 Å². The van der Waals surface area contributed by atoms with Gasteiger partial charge in [0.1, 0.15) is 5.75 Å². The number of H-pyrrole nitrogens is 1. The lowest BCUT2D eigenvalue weighted by molar-refractivity contribution is 0.0952. The summed E-state index contributed by atoms with van der Waals surface area (Å²) in [4.78, 5) is 28.9. The molecule has 8 heteroatoms. The van der Waals surface area contributed by atoms with E-state index in [9.17, 15) is 9.59 Å². The number of nitrogens with zero attached hydrogens (tertiary/aromatic N) is 2. The maximum atomic E-state index is 13.6. The molecule has 38 heavy (non-hydrogen) atoms. The van der Waals surface area contributed by atoms with E-state index in [1.807, 2.05) is 50.2 Å². The molecule has 0 spiro atoms. The van der Waals surface area contributed by atoms with E-state index >= 15 is 0 Å². The Morgan fingerprint density at radius 1 is 1.16 bits per heavy atom. The van der Waals surface area contributed by atoms with Gasteiger partial charge in [-0.1, -0.05) is 25.0 Å². The van der Waals surface area contributed by atoms with Crippen LogP contribution in [0.1, 0.15) is 65.3 Å². The van der Waals surface area contributed by atoms with Crippen LogP contribution in [0, 0.1) is 13.8 Å². The number of aliphatic hydroxyl groups excluding tert-OH is 1. The molecule has 1 saturated carbocycles. The fourth-order valence-corrected chi connectivity index (χ4v) is 5.32. The lowest BCUT2D eigenvalue weighted by atomic mass is 9.99. The number of carbonyl (C=O) groups excluding carboxylic acids is 1. The van der Waals surface area contributed by atoms with Crippen molar-refractivity contribution >= 4 is 16.8 Å². The number of aryl methyl sites for hydroxylation is 2. The zero-order valence-corrected chi connectivity index (χ0v) is 21.9. The predicted molar refractivity (Wildman–Crippen MR) is 148 cm³/mol. The number of nitrogens with one attached hydrogen (secondary N) is 2. The molecule has 0 bridgehead atoms. The highest BCUT2D eigenvalue weighted by Gasteiger charge is 2.23. The quantitative estimate of drug-likeness (QED) is 0.278. The lowest BCUT2D eigenvalue weighted by Gasteiger charge is -2.15. The van der Waals surface area contributed by atoms with Crippen LogP contribution in [0.25, 0.3) is 22.0 Å². The maximum absolute atomic E-state index is 13.6. The zero-order chi connectivity index (χ0) is 26.6. The van der Waals surface area contributed by atoms with E-state index in [0.717, 1.165) is 46.1 Å². The van der Waals surface area contributed by atoms with Gasteiger partial charge in [0.2, 0.25) is 0 Å². The lowest BCUT2D eigenvalue weighted by Crippen LogP contribution is -2.28. The Kier molecular flexibility index (Phi) is 7.60. The monoisotopic (exact) mass is 514 g/mol. The number of carbonyl (C=O) groups is 1. The molecule has 1 aliphatic carbocycles. The summed E-state index contributed by atoms with van der Waals surface area (Å²) in [5.41, 5.74) is 5.26. The maximum Gasteiger partial charge on any atom is 0.253 e. The van der Waals surface area contributed by atoms with Crippen LogP contribution in [-0.4, -0.2) is 39.0 Å². The van der Waals surface area contributed by atoms with Crippen molar-refractivity contribution in [2.45, 2.75) is 58.5 Å². The number of rotatable bonds is 9. The van der Waals surface area contributed by atoms with Gasteiger partial charge >= 0.3 is 0 Å². The number of benzene rings is 2. The van der Waals surface area contributed by atoms with E-state index in [-0.39, 0.29) is 24.6 Å². The number of hydrogen-bond acceptors (Lipinski definition) is 5. The Morgan fingerprint density at radius 2 is 1.97 bits per heavy atom. The van der Waals surface area contributed by atoms with Gasteiger partial charge in [0.15, 0.2) is 0 Å². The van der Waals surface area contributed by atoms with E-state index in [1.165, 1.54) is 12.8 Å². The molecule has 5 rings (SSSR count). The van der Waals surface area contributed by atoms with Gasteiger partial charge in [-0.15, -0.1) is 0 Å². The van der Waals surface area contributed by atoms with Gasteiger partial charge in [-0.25, -0.2) is 0 Å². The Hall–Kier alpha value is -3.91. The Balaban J connectivity index is 1.52. The average molecular weight is 515 g/mol. The molecular formula is C30H34N4O4. The Morgan fingerprint density at radius 3 is 2.74 bits per heavy atom. The van der Waals surface area contributed by atoms with Crippen molar-refractivity contribution < 1.29 is 14.6 Å². The molecule has 0 atom stereocenters. The number of amides is 1. The normalized spacial score (nSPS) is 13.8. The number of ether oxygens (including phenoxy) is 1. The second-order valence-electron chi connectivity index (χ2n) is 10.1. The van der Waals surface area contributed by atoms with Gasteiger partial charge in [0.05, 0.1) is 29.9 Å². The smallest absolute Gasteiger partial charge is 0.253 e. The topological polar surface area (TPSA) is 109 Å². The first-order valence-corrected chi connectivity index (χ1v) is 13.3. The molecule has 0 saturated heterocycles. The van der Waals surface area contributed by atoms with Crippen LogP contribution in [0.3, 0.4) is 0 Å². The van der Waals surface area contributed by atoms with Gasteiger partial charge in [-0.05, 0) is 73.7 Å². The molecule has 1 amide bonds. The zero-order valence-electron chi connectivity index (χ0n) is 21.9. The predicted octanol–water partition coefficient (Wildman–Crippen LogP) is 4.81. The van der Waals surface area contributed by atoms with Crippen LogP contribution >= 0.6 is 0 Å². The van der Waals surface area contributed by atoms with Crippen molar-refractivity contribution in [2.75, 3.05) is 13.2 Å². The fourth-order valence-electron chi connectivity index (χ4n) is 5.32. The highest BCUT2D eigenvalue weighted by Crippen LogP contribution is 2.35. The fraction of sp³-hybridized carbons (Fsp3) is 0.367. The van der Waals surface area contributed by atoms with Gasteiger partial charge in [-0.2, -0.15) is 5.10 Å². The minimum absolute atomic E-state index is 0.0773. The van der Waals surface area contributed by atoms with Gasteiger partial charge in [-0.3, -0.25) is 14.3 Å². The first kappa shape index (κ1) is 25.7. The van der Waals surface area contributed by atoms with Crippen molar-refractivity contribution in [3.05, 3.63) is 81.4 Å². The van der Waals surface area contributed by atoms with Crippen LogP contribution in [0.5, 0.6) is 5.75 Å². The van der Waals surface area contributed by atoms with E-state index in [0.29, 0.717) is 35.9 Å². The molecule has 2 heterocycles. The summed E-state index contributed by atoms with van der Waals surface area (Å²) in [6.45, 7) is 4.36. The summed E-state index contributed by atoms with van der Waals surface area (Å²) in [6, 6.07) is 14.0.